The zero-order valence-electron chi connectivity index (χ0n) is 11.0. The quantitative estimate of drug-likeness (QED) is 0.763. The molecule has 19 heavy (non-hydrogen) atoms. The van der Waals surface area contributed by atoms with Crippen LogP contribution in [-0.4, -0.2) is 19.6 Å². The van der Waals surface area contributed by atoms with Gasteiger partial charge in [-0.3, -0.25) is 4.57 Å². The third-order valence-corrected chi connectivity index (χ3v) is 3.40. The molecule has 0 saturated heterocycles. The van der Waals surface area contributed by atoms with E-state index in [0.717, 1.165) is 22.4 Å². The summed E-state index contributed by atoms with van der Waals surface area (Å²) in [4.78, 5) is 8.77. The highest BCUT2D eigenvalue weighted by Crippen LogP contribution is 2.21. The second kappa shape index (κ2) is 4.48. The minimum Gasteiger partial charge on any atom is -0.392 e. The van der Waals surface area contributed by atoms with Gasteiger partial charge in [0.15, 0.2) is 0 Å². The second-order valence-electron chi connectivity index (χ2n) is 4.72. The van der Waals surface area contributed by atoms with Crippen LogP contribution in [0.25, 0.3) is 16.9 Å². The maximum absolute atomic E-state index is 9.04. The van der Waals surface area contributed by atoms with Gasteiger partial charge in [-0.15, -0.1) is 0 Å². The van der Waals surface area contributed by atoms with Crippen molar-refractivity contribution < 1.29 is 5.11 Å². The van der Waals surface area contributed by atoms with Crippen LogP contribution in [0.1, 0.15) is 16.7 Å². The van der Waals surface area contributed by atoms with Crippen LogP contribution in [0.2, 0.25) is 0 Å². The molecule has 0 radical (unpaired) electrons. The number of aromatic nitrogens is 3. The standard InChI is InChI=1S/C15H15N3O/c1-10-5-13-14(6-11(10)2)18(9-17-13)15-4-3-12(8-19)7-16-15/h3-7,9,19H,8H2,1-2H3. The third-order valence-electron chi connectivity index (χ3n) is 3.40. The van der Waals surface area contributed by atoms with Crippen molar-refractivity contribution in [2.24, 2.45) is 0 Å². The highest BCUT2D eigenvalue weighted by molar-refractivity contribution is 5.78. The smallest absolute Gasteiger partial charge is 0.138 e. The third kappa shape index (κ3) is 2.00. The van der Waals surface area contributed by atoms with E-state index in [1.807, 2.05) is 16.7 Å². The van der Waals surface area contributed by atoms with E-state index in [9.17, 15) is 0 Å². The fourth-order valence-electron chi connectivity index (χ4n) is 2.10. The van der Waals surface area contributed by atoms with Crippen molar-refractivity contribution in [3.05, 3.63) is 53.5 Å². The van der Waals surface area contributed by atoms with Crippen molar-refractivity contribution in [3.63, 3.8) is 0 Å². The lowest BCUT2D eigenvalue weighted by atomic mass is 10.1. The van der Waals surface area contributed by atoms with Gasteiger partial charge in [0, 0.05) is 6.20 Å². The average molecular weight is 253 g/mol. The van der Waals surface area contributed by atoms with Gasteiger partial charge in [-0.1, -0.05) is 6.07 Å². The Kier molecular flexibility index (Phi) is 2.80. The first-order chi connectivity index (χ1) is 9.19. The molecule has 0 atom stereocenters. The molecule has 3 aromatic rings. The fourth-order valence-corrected chi connectivity index (χ4v) is 2.10. The van der Waals surface area contributed by atoms with Crippen molar-refractivity contribution in [1.82, 2.24) is 14.5 Å². The summed E-state index contributed by atoms with van der Waals surface area (Å²) in [7, 11) is 0. The summed E-state index contributed by atoms with van der Waals surface area (Å²) in [6.45, 7) is 4.19. The van der Waals surface area contributed by atoms with Gasteiger partial charge in [0.05, 0.1) is 17.6 Å². The van der Waals surface area contributed by atoms with Crippen LogP contribution >= 0.6 is 0 Å². The van der Waals surface area contributed by atoms with E-state index in [2.05, 4.69) is 35.9 Å². The number of hydrogen-bond acceptors (Lipinski definition) is 3. The van der Waals surface area contributed by atoms with Gasteiger partial charge < -0.3 is 5.11 Å². The maximum Gasteiger partial charge on any atom is 0.138 e. The maximum atomic E-state index is 9.04. The molecule has 4 nitrogen and oxygen atoms in total. The monoisotopic (exact) mass is 253 g/mol. The molecule has 0 amide bonds. The number of aryl methyl sites for hydroxylation is 2. The van der Waals surface area contributed by atoms with Crippen molar-refractivity contribution >= 4 is 11.0 Å². The zero-order valence-corrected chi connectivity index (χ0v) is 11.0. The first-order valence-corrected chi connectivity index (χ1v) is 6.19. The van der Waals surface area contributed by atoms with Crippen LogP contribution in [0.4, 0.5) is 0 Å². The second-order valence-corrected chi connectivity index (χ2v) is 4.72. The lowest BCUT2D eigenvalue weighted by Gasteiger charge is -2.05. The topological polar surface area (TPSA) is 50.9 Å². The van der Waals surface area contributed by atoms with Crippen molar-refractivity contribution in [1.29, 1.82) is 0 Å². The van der Waals surface area contributed by atoms with Crippen molar-refractivity contribution in [2.45, 2.75) is 20.5 Å². The summed E-state index contributed by atoms with van der Waals surface area (Å²) in [6, 6.07) is 7.97. The predicted octanol–water partition coefficient (Wildman–Crippen LogP) is 2.53. The Labute approximate surface area is 111 Å². The van der Waals surface area contributed by atoms with Gasteiger partial charge in [0.1, 0.15) is 12.1 Å². The van der Waals surface area contributed by atoms with Crippen molar-refractivity contribution in [3.8, 4) is 5.82 Å². The minimum atomic E-state index is 0.0102. The first kappa shape index (κ1) is 11.9. The van der Waals surface area contributed by atoms with E-state index in [0.29, 0.717) is 0 Å². The number of rotatable bonds is 2. The van der Waals surface area contributed by atoms with E-state index in [4.69, 9.17) is 5.11 Å². The van der Waals surface area contributed by atoms with Crippen LogP contribution in [0.15, 0.2) is 36.8 Å². The Hall–Kier alpha value is -2.20. The fraction of sp³-hybridized carbons (Fsp3) is 0.200. The number of aliphatic hydroxyl groups excluding tert-OH is 1. The lowest BCUT2D eigenvalue weighted by molar-refractivity contribution is 0.281. The Morgan fingerprint density at radius 3 is 2.58 bits per heavy atom. The van der Waals surface area contributed by atoms with Gasteiger partial charge in [0.25, 0.3) is 0 Å². The molecule has 3 rings (SSSR count). The molecule has 0 bridgehead atoms. The number of pyridine rings is 1. The first-order valence-electron chi connectivity index (χ1n) is 6.19. The highest BCUT2D eigenvalue weighted by atomic mass is 16.3. The molecule has 0 fully saturated rings. The van der Waals surface area contributed by atoms with Crippen LogP contribution in [0.3, 0.4) is 0 Å². The Balaban J connectivity index is 2.16. The van der Waals surface area contributed by atoms with Gasteiger partial charge in [0.2, 0.25) is 0 Å². The molecule has 1 N–H and O–H groups in total. The molecule has 0 aliphatic heterocycles. The molecule has 0 aliphatic rings. The van der Waals surface area contributed by atoms with Crippen molar-refractivity contribution in [2.75, 3.05) is 0 Å². The number of hydrogen-bond donors (Lipinski definition) is 1. The molecular weight excluding hydrogens is 238 g/mol. The van der Waals surface area contributed by atoms with E-state index in [1.54, 1.807) is 12.5 Å². The summed E-state index contributed by atoms with van der Waals surface area (Å²) in [5.41, 5.74) is 5.30. The van der Waals surface area contributed by atoms with Gasteiger partial charge in [-0.2, -0.15) is 0 Å². The number of fused-ring (bicyclic) bond motifs is 1. The van der Waals surface area contributed by atoms with E-state index in [1.165, 1.54) is 11.1 Å². The van der Waals surface area contributed by atoms with Crippen LogP contribution in [0.5, 0.6) is 0 Å². The normalized spacial score (nSPS) is 11.1. The summed E-state index contributed by atoms with van der Waals surface area (Å²) < 4.78 is 1.96. The molecular formula is C15H15N3O. The number of aliphatic hydroxyl groups is 1. The van der Waals surface area contributed by atoms with Crippen LogP contribution in [0, 0.1) is 13.8 Å². The molecule has 0 saturated carbocycles. The molecule has 0 aliphatic carbocycles. The van der Waals surface area contributed by atoms with E-state index >= 15 is 0 Å². The Morgan fingerprint density at radius 1 is 1.11 bits per heavy atom. The average Bonchev–Trinajstić information content (AvgIpc) is 2.82. The number of benzene rings is 1. The van der Waals surface area contributed by atoms with E-state index in [-0.39, 0.29) is 6.61 Å². The van der Waals surface area contributed by atoms with Crippen LogP contribution in [-0.2, 0) is 6.61 Å². The Morgan fingerprint density at radius 2 is 1.89 bits per heavy atom. The summed E-state index contributed by atoms with van der Waals surface area (Å²) >= 11 is 0. The van der Waals surface area contributed by atoms with Gasteiger partial charge >= 0.3 is 0 Å². The zero-order chi connectivity index (χ0) is 13.4. The summed E-state index contributed by atoms with van der Waals surface area (Å²) in [5.74, 6) is 0.808. The van der Waals surface area contributed by atoms with E-state index < -0.39 is 0 Å². The number of nitrogens with zero attached hydrogens (tertiary/aromatic N) is 3. The molecule has 2 aromatic heterocycles. The molecule has 0 unspecified atom stereocenters. The SMILES string of the molecule is Cc1cc2ncn(-c3ccc(CO)cn3)c2cc1C. The van der Waals surface area contributed by atoms with Gasteiger partial charge in [-0.25, -0.2) is 9.97 Å². The highest BCUT2D eigenvalue weighted by Gasteiger charge is 2.07. The molecule has 1 aromatic carbocycles. The van der Waals surface area contributed by atoms with Crippen LogP contribution < -0.4 is 0 Å². The summed E-state index contributed by atoms with van der Waals surface area (Å²) in [5, 5.41) is 9.04. The molecule has 0 spiro atoms. The molecule has 4 heteroatoms. The lowest BCUT2D eigenvalue weighted by Crippen LogP contribution is -1.97. The molecule has 96 valence electrons. The Bertz CT molecular complexity index is 729. The minimum absolute atomic E-state index is 0.0102. The number of imidazole rings is 1. The largest absolute Gasteiger partial charge is 0.392 e. The summed E-state index contributed by atoms with van der Waals surface area (Å²) in [6.07, 6.45) is 3.46. The predicted molar refractivity (Wildman–Crippen MR) is 74.3 cm³/mol. The van der Waals surface area contributed by atoms with Gasteiger partial charge in [-0.05, 0) is 48.7 Å². The molecule has 2 heterocycles.